The zero-order valence-corrected chi connectivity index (χ0v) is 10.4. The van der Waals surface area contributed by atoms with E-state index >= 15 is 0 Å². The van der Waals surface area contributed by atoms with E-state index in [1.54, 1.807) is 0 Å². The number of benzene rings is 1. The van der Waals surface area contributed by atoms with Gasteiger partial charge in [0, 0.05) is 0 Å². The average molecular weight is 218 g/mol. The van der Waals surface area contributed by atoms with Gasteiger partial charge in [-0.1, -0.05) is 37.5 Å². The molecular weight excluding hydrogens is 203 g/mol. The Kier molecular flexibility index (Phi) is 2.61. The van der Waals surface area contributed by atoms with E-state index < -0.39 is 8.07 Å². The van der Waals surface area contributed by atoms with Crippen LogP contribution in [0.2, 0.25) is 19.6 Å². The molecule has 0 radical (unpaired) electrons. The van der Waals surface area contributed by atoms with Crippen LogP contribution in [0, 0.1) is 0 Å². The Morgan fingerprint density at radius 2 is 1.60 bits per heavy atom. The van der Waals surface area contributed by atoms with E-state index in [9.17, 15) is 0 Å². The summed E-state index contributed by atoms with van der Waals surface area (Å²) < 4.78 is 11.2. The van der Waals surface area contributed by atoms with Crippen LogP contribution in [0.4, 0.5) is 0 Å². The number of rotatable bonds is 2. The van der Waals surface area contributed by atoms with Gasteiger partial charge < -0.3 is 9.31 Å². The molecule has 0 N–H and O–H groups in total. The topological polar surface area (TPSA) is 18.5 Å². The van der Waals surface area contributed by atoms with E-state index in [4.69, 9.17) is 9.31 Å². The van der Waals surface area contributed by atoms with E-state index in [1.807, 2.05) is 30.2 Å². The molecule has 0 saturated carbocycles. The minimum atomic E-state index is -1.17. The fraction of sp³-hybridized carbons (Fsp3) is 0.273. The first-order valence-corrected chi connectivity index (χ1v) is 8.74. The Morgan fingerprint density at radius 1 is 1.07 bits per heavy atom. The molecule has 1 aliphatic heterocycles. The Labute approximate surface area is 92.1 Å². The zero-order chi connectivity index (χ0) is 10.9. The van der Waals surface area contributed by atoms with Crippen molar-refractivity contribution in [3.63, 3.8) is 0 Å². The molecular formula is C11H15BO2Si. The second kappa shape index (κ2) is 3.77. The van der Waals surface area contributed by atoms with Crippen LogP contribution < -0.4 is 9.31 Å². The monoisotopic (exact) mass is 218 g/mol. The maximum Gasteiger partial charge on any atom is 0.624 e. The number of hydrogen-bond donors (Lipinski definition) is 0. The van der Waals surface area contributed by atoms with Crippen LogP contribution in [-0.2, 0) is 0 Å². The van der Waals surface area contributed by atoms with E-state index in [0.29, 0.717) is 0 Å². The molecule has 1 heterocycles. The molecule has 2 rings (SSSR count). The normalized spacial score (nSPS) is 15.0. The standard InChI is InChI=1S/C11H15BO2Si/c1-15(2,3)9-8-12-13-10-6-4-5-7-11(10)14-12/h4-9H,1-3H3/b9-8-. The Morgan fingerprint density at radius 3 is 2.07 bits per heavy atom. The fourth-order valence-corrected chi connectivity index (χ4v) is 2.10. The van der Waals surface area contributed by atoms with Crippen LogP contribution in [0.25, 0.3) is 0 Å². The average Bonchev–Trinajstić information content (AvgIpc) is 2.56. The van der Waals surface area contributed by atoms with Gasteiger partial charge in [-0.15, -0.1) is 0 Å². The van der Waals surface area contributed by atoms with E-state index in [-0.39, 0.29) is 7.12 Å². The molecule has 1 aliphatic rings. The maximum absolute atomic E-state index is 5.62. The molecule has 78 valence electrons. The SMILES string of the molecule is C[Si](C)(C)/C=C\B1Oc2ccccc2O1. The van der Waals surface area contributed by atoms with Crippen molar-refractivity contribution in [1.82, 2.24) is 0 Å². The van der Waals surface area contributed by atoms with Gasteiger partial charge in [0.25, 0.3) is 0 Å². The highest BCUT2D eigenvalue weighted by atomic mass is 28.3. The summed E-state index contributed by atoms with van der Waals surface area (Å²) in [5, 5.41) is 0. The molecule has 0 atom stereocenters. The molecule has 0 aromatic heterocycles. The second-order valence-electron chi connectivity index (χ2n) is 4.78. The van der Waals surface area contributed by atoms with Gasteiger partial charge in [-0.05, 0) is 18.1 Å². The van der Waals surface area contributed by atoms with Crippen molar-refractivity contribution in [1.29, 1.82) is 0 Å². The van der Waals surface area contributed by atoms with Crippen molar-refractivity contribution in [3.05, 3.63) is 35.9 Å². The van der Waals surface area contributed by atoms with E-state index in [0.717, 1.165) is 11.5 Å². The van der Waals surface area contributed by atoms with Gasteiger partial charge in [-0.25, -0.2) is 0 Å². The highest BCUT2D eigenvalue weighted by Crippen LogP contribution is 2.32. The number of fused-ring (bicyclic) bond motifs is 1. The lowest BCUT2D eigenvalue weighted by molar-refractivity contribution is 0.517. The molecule has 0 amide bonds. The first-order valence-electron chi connectivity index (χ1n) is 5.16. The van der Waals surface area contributed by atoms with Crippen LogP contribution in [-0.4, -0.2) is 15.2 Å². The van der Waals surface area contributed by atoms with Crippen molar-refractivity contribution in [2.24, 2.45) is 0 Å². The lowest BCUT2D eigenvalue weighted by Gasteiger charge is -2.08. The third kappa shape index (κ3) is 2.66. The molecule has 15 heavy (non-hydrogen) atoms. The van der Waals surface area contributed by atoms with Crippen molar-refractivity contribution in [2.75, 3.05) is 0 Å². The lowest BCUT2D eigenvalue weighted by atomic mass is 9.92. The van der Waals surface area contributed by atoms with Gasteiger partial charge in [0.1, 0.15) is 11.5 Å². The highest BCUT2D eigenvalue weighted by Gasteiger charge is 2.29. The zero-order valence-electron chi connectivity index (χ0n) is 9.36. The predicted molar refractivity (Wildman–Crippen MR) is 65.9 cm³/mol. The summed E-state index contributed by atoms with van der Waals surface area (Å²) in [6.07, 6.45) is 0. The number of hydrogen-bond acceptors (Lipinski definition) is 2. The minimum Gasteiger partial charge on any atom is -0.520 e. The predicted octanol–water partition coefficient (Wildman–Crippen LogP) is 2.92. The van der Waals surface area contributed by atoms with Crippen molar-refractivity contribution < 1.29 is 9.31 Å². The highest BCUT2D eigenvalue weighted by molar-refractivity contribution is 6.82. The Bertz CT molecular complexity index is 359. The molecule has 0 saturated heterocycles. The summed E-state index contributed by atoms with van der Waals surface area (Å²) in [6.45, 7) is 6.85. The van der Waals surface area contributed by atoms with Crippen LogP contribution >= 0.6 is 0 Å². The summed E-state index contributed by atoms with van der Waals surface area (Å²) in [5.41, 5.74) is 2.24. The van der Waals surface area contributed by atoms with Crippen LogP contribution in [0.3, 0.4) is 0 Å². The molecule has 1 aromatic rings. The molecule has 0 aliphatic carbocycles. The smallest absolute Gasteiger partial charge is 0.520 e. The van der Waals surface area contributed by atoms with Gasteiger partial charge in [-0.3, -0.25) is 0 Å². The minimum absolute atomic E-state index is 0.242. The molecule has 0 bridgehead atoms. The van der Waals surface area contributed by atoms with Crippen molar-refractivity contribution in [2.45, 2.75) is 19.6 Å². The molecule has 1 aromatic carbocycles. The van der Waals surface area contributed by atoms with Crippen molar-refractivity contribution >= 4 is 15.2 Å². The summed E-state index contributed by atoms with van der Waals surface area (Å²) >= 11 is 0. The molecule has 4 heteroatoms. The first kappa shape index (κ1) is 10.4. The largest absolute Gasteiger partial charge is 0.624 e. The van der Waals surface area contributed by atoms with Gasteiger partial charge in [0.2, 0.25) is 0 Å². The lowest BCUT2D eigenvalue weighted by Crippen LogP contribution is -2.24. The summed E-state index contributed by atoms with van der Waals surface area (Å²) in [5.74, 6) is 3.69. The first-order chi connectivity index (χ1) is 7.04. The van der Waals surface area contributed by atoms with Crippen molar-refractivity contribution in [3.8, 4) is 11.5 Å². The van der Waals surface area contributed by atoms with Gasteiger partial charge >= 0.3 is 7.12 Å². The summed E-state index contributed by atoms with van der Waals surface area (Å²) in [7, 11) is -1.41. The molecule has 0 spiro atoms. The number of para-hydroxylation sites is 2. The fourth-order valence-electron chi connectivity index (χ4n) is 1.37. The van der Waals surface area contributed by atoms with Crippen LogP contribution in [0.15, 0.2) is 35.9 Å². The second-order valence-corrected chi connectivity index (χ2v) is 9.84. The summed E-state index contributed by atoms with van der Waals surface area (Å²) in [6, 6.07) is 7.76. The third-order valence-electron chi connectivity index (χ3n) is 2.09. The van der Waals surface area contributed by atoms with Crippen LogP contribution in [0.5, 0.6) is 11.5 Å². The van der Waals surface area contributed by atoms with Crippen LogP contribution in [0.1, 0.15) is 0 Å². The van der Waals surface area contributed by atoms with Gasteiger partial charge in [-0.2, -0.15) is 0 Å². The van der Waals surface area contributed by atoms with E-state index in [1.165, 1.54) is 0 Å². The molecule has 0 unspecified atom stereocenters. The Balaban J connectivity index is 2.05. The molecule has 2 nitrogen and oxygen atoms in total. The summed E-state index contributed by atoms with van der Waals surface area (Å²) in [4.78, 5) is 0. The van der Waals surface area contributed by atoms with Gasteiger partial charge in [0.05, 0.1) is 8.07 Å². The maximum atomic E-state index is 5.62. The quantitative estimate of drug-likeness (QED) is 0.710. The Hall–Kier alpha value is -1.16. The van der Waals surface area contributed by atoms with Gasteiger partial charge in [0.15, 0.2) is 0 Å². The van der Waals surface area contributed by atoms with E-state index in [2.05, 4.69) is 25.3 Å². The molecule has 0 fully saturated rings. The third-order valence-corrected chi connectivity index (χ3v) is 3.28.